The van der Waals surface area contributed by atoms with Crippen LogP contribution in [0.3, 0.4) is 0 Å². The molecule has 0 bridgehead atoms. The normalized spacial score (nSPS) is 53.9. The molecule has 5 aliphatic carbocycles. The Labute approximate surface area is 242 Å². The average Bonchev–Trinajstić information content (AvgIpc) is 2.88. The molecule has 0 radical (unpaired) electrons. The van der Waals surface area contributed by atoms with Crippen molar-refractivity contribution in [3.63, 3.8) is 0 Å². The number of fused-ring (bicyclic) bond motifs is 7. The molecule has 6 heteroatoms. The number of carbonyl (C=O) groups is 1. The molecule has 0 aromatic carbocycles. The maximum atomic E-state index is 12.9. The maximum absolute atomic E-state index is 12.9. The summed E-state index contributed by atoms with van der Waals surface area (Å²) in [5.74, 6) is -0.599. The van der Waals surface area contributed by atoms with Crippen LogP contribution in [0, 0.1) is 50.7 Å². The predicted molar refractivity (Wildman–Crippen MR) is 156 cm³/mol. The van der Waals surface area contributed by atoms with Gasteiger partial charge in [-0.15, -0.1) is 0 Å². The standard InChI is InChI=1S/C34H56O6/c1-8-9-18-40-20-30(4)24-13-14-32(6)25(29(24,3)19-23(35)27(30)36)11-10-22-26-33(7,39)21(2)12-15-34(26,28(37)38)17-16-31(22,32)5/h10,21,23-27,35-36,39H,8-9,11-20H2,1-7H3,(H,37,38)/t21-,23-,24-,25-,26-,27+,29+,30-,31-,32-,33-,34+/m1/s1. The lowest BCUT2D eigenvalue weighted by Crippen LogP contribution is -2.69. The smallest absolute Gasteiger partial charge is 0.310 e. The van der Waals surface area contributed by atoms with Gasteiger partial charge in [0.2, 0.25) is 0 Å². The first kappa shape index (κ1) is 30.5. The quantitative estimate of drug-likeness (QED) is 0.235. The number of carboxylic acids is 1. The Hall–Kier alpha value is -0.950. The summed E-state index contributed by atoms with van der Waals surface area (Å²) in [6, 6.07) is 0. The zero-order valence-electron chi connectivity index (χ0n) is 26.1. The average molecular weight is 561 g/mol. The number of hydrogen-bond donors (Lipinski definition) is 4. The molecule has 12 atom stereocenters. The molecule has 40 heavy (non-hydrogen) atoms. The number of ether oxygens (including phenoxy) is 1. The van der Waals surface area contributed by atoms with Gasteiger partial charge >= 0.3 is 5.97 Å². The molecule has 4 fully saturated rings. The van der Waals surface area contributed by atoms with Gasteiger partial charge in [0.25, 0.3) is 0 Å². The molecule has 0 unspecified atom stereocenters. The van der Waals surface area contributed by atoms with Crippen LogP contribution >= 0.6 is 0 Å². The third-order valence-corrected chi connectivity index (χ3v) is 14.3. The van der Waals surface area contributed by atoms with Crippen LogP contribution in [-0.4, -0.2) is 57.4 Å². The lowest BCUT2D eigenvalue weighted by molar-refractivity contribution is -0.250. The van der Waals surface area contributed by atoms with Gasteiger partial charge in [-0.3, -0.25) is 4.79 Å². The highest BCUT2D eigenvalue weighted by molar-refractivity contribution is 5.77. The van der Waals surface area contributed by atoms with E-state index in [0.717, 1.165) is 44.9 Å². The van der Waals surface area contributed by atoms with E-state index in [2.05, 4.69) is 47.6 Å². The second kappa shape index (κ2) is 9.79. The molecule has 0 amide bonds. The van der Waals surface area contributed by atoms with Crippen molar-refractivity contribution in [1.82, 2.24) is 0 Å². The second-order valence-electron chi connectivity index (χ2n) is 16.0. The Kier molecular flexibility index (Phi) is 7.46. The lowest BCUT2D eigenvalue weighted by atomic mass is 9.33. The molecule has 5 aliphatic rings. The fraction of sp³-hybridized carbons (Fsp3) is 0.912. The fourth-order valence-corrected chi connectivity index (χ4v) is 11.5. The van der Waals surface area contributed by atoms with Gasteiger partial charge < -0.3 is 25.2 Å². The molecule has 0 saturated heterocycles. The summed E-state index contributed by atoms with van der Waals surface area (Å²) >= 11 is 0. The monoisotopic (exact) mass is 560 g/mol. The van der Waals surface area contributed by atoms with Gasteiger partial charge in [0.15, 0.2) is 0 Å². The van der Waals surface area contributed by atoms with Crippen LogP contribution in [0.1, 0.15) is 113 Å². The Morgan fingerprint density at radius 3 is 2.38 bits per heavy atom. The van der Waals surface area contributed by atoms with E-state index in [1.165, 1.54) is 5.57 Å². The summed E-state index contributed by atoms with van der Waals surface area (Å²) in [6.45, 7) is 16.5. The largest absolute Gasteiger partial charge is 0.481 e. The highest BCUT2D eigenvalue weighted by Crippen LogP contribution is 2.76. The number of allylic oxidation sites excluding steroid dienone is 1. The molecule has 228 valence electrons. The third-order valence-electron chi connectivity index (χ3n) is 14.3. The van der Waals surface area contributed by atoms with Crippen LogP contribution in [0.4, 0.5) is 0 Å². The fourth-order valence-electron chi connectivity index (χ4n) is 11.5. The Bertz CT molecular complexity index is 1040. The van der Waals surface area contributed by atoms with E-state index in [0.29, 0.717) is 32.5 Å². The summed E-state index contributed by atoms with van der Waals surface area (Å²) in [4.78, 5) is 12.9. The van der Waals surface area contributed by atoms with Crippen molar-refractivity contribution in [2.75, 3.05) is 13.2 Å². The molecule has 4 N–H and O–H groups in total. The van der Waals surface area contributed by atoms with E-state index in [-0.39, 0.29) is 39.9 Å². The van der Waals surface area contributed by atoms with E-state index in [1.807, 2.05) is 6.92 Å². The minimum atomic E-state index is -1.08. The van der Waals surface area contributed by atoms with Gasteiger partial charge in [0.05, 0.1) is 29.8 Å². The summed E-state index contributed by atoms with van der Waals surface area (Å²) in [5, 5.41) is 45.3. The number of aliphatic carboxylic acids is 1. The number of aliphatic hydroxyl groups excluding tert-OH is 2. The number of rotatable bonds is 6. The zero-order valence-corrected chi connectivity index (χ0v) is 26.1. The van der Waals surface area contributed by atoms with Crippen LogP contribution in [-0.2, 0) is 9.53 Å². The Morgan fingerprint density at radius 1 is 1.02 bits per heavy atom. The molecule has 0 heterocycles. The molecule has 4 saturated carbocycles. The van der Waals surface area contributed by atoms with Gasteiger partial charge in [0.1, 0.15) is 0 Å². The highest BCUT2D eigenvalue weighted by Gasteiger charge is 2.72. The SMILES string of the molecule is CCCCOC[C@]1(C)[C@@H]2CC[C@]3(C)[C@H](CC=C4[C@H]5[C@](C(=O)O)(CC[C@@H](C)[C@@]5(C)O)CC[C@]43C)[C@@]2(C)C[C@@H](O)[C@@H]1O. The molecule has 6 nitrogen and oxygen atoms in total. The van der Waals surface area contributed by atoms with E-state index in [9.17, 15) is 25.2 Å². The highest BCUT2D eigenvalue weighted by atomic mass is 16.5. The first-order valence-electron chi connectivity index (χ1n) is 16.2. The van der Waals surface area contributed by atoms with Crippen LogP contribution in [0.25, 0.3) is 0 Å². The van der Waals surface area contributed by atoms with Crippen LogP contribution in [0.15, 0.2) is 11.6 Å². The zero-order chi connectivity index (χ0) is 29.5. The van der Waals surface area contributed by atoms with Crippen molar-refractivity contribution in [2.45, 2.75) is 130 Å². The summed E-state index contributed by atoms with van der Waals surface area (Å²) in [7, 11) is 0. The van der Waals surface area contributed by atoms with E-state index in [4.69, 9.17) is 4.74 Å². The van der Waals surface area contributed by atoms with Crippen molar-refractivity contribution < 1.29 is 30.0 Å². The summed E-state index contributed by atoms with van der Waals surface area (Å²) in [6.07, 6.45) is 8.86. The van der Waals surface area contributed by atoms with Crippen molar-refractivity contribution in [1.29, 1.82) is 0 Å². The van der Waals surface area contributed by atoms with Crippen molar-refractivity contribution in [2.24, 2.45) is 50.7 Å². The van der Waals surface area contributed by atoms with Gasteiger partial charge in [0, 0.05) is 17.9 Å². The Balaban J connectivity index is 1.57. The number of unbranched alkanes of at least 4 members (excludes halogenated alkanes) is 1. The van der Waals surface area contributed by atoms with Crippen molar-refractivity contribution >= 4 is 5.97 Å². The van der Waals surface area contributed by atoms with Gasteiger partial charge in [-0.1, -0.05) is 59.6 Å². The first-order chi connectivity index (χ1) is 18.6. The molecule has 5 rings (SSSR count). The third kappa shape index (κ3) is 3.84. The topological polar surface area (TPSA) is 107 Å². The Morgan fingerprint density at radius 2 is 1.73 bits per heavy atom. The van der Waals surface area contributed by atoms with Gasteiger partial charge in [-0.05, 0) is 98.7 Å². The molecule has 0 spiro atoms. The number of hydrogen-bond acceptors (Lipinski definition) is 5. The second-order valence-corrected chi connectivity index (χ2v) is 16.0. The minimum absolute atomic E-state index is 0.0374. The van der Waals surface area contributed by atoms with Crippen LogP contribution in [0.2, 0.25) is 0 Å². The molecule has 0 aromatic rings. The van der Waals surface area contributed by atoms with Gasteiger partial charge in [-0.2, -0.15) is 0 Å². The molecule has 0 aliphatic heterocycles. The predicted octanol–water partition coefficient (Wildman–Crippen LogP) is 5.97. The van der Waals surface area contributed by atoms with E-state index in [1.54, 1.807) is 0 Å². The van der Waals surface area contributed by atoms with Gasteiger partial charge in [-0.25, -0.2) is 0 Å². The van der Waals surface area contributed by atoms with Crippen molar-refractivity contribution in [3.8, 4) is 0 Å². The number of aliphatic hydroxyl groups is 3. The van der Waals surface area contributed by atoms with Crippen LogP contribution < -0.4 is 0 Å². The molecular formula is C34H56O6. The first-order valence-corrected chi connectivity index (χ1v) is 16.2. The van der Waals surface area contributed by atoms with E-state index >= 15 is 0 Å². The van der Waals surface area contributed by atoms with E-state index < -0.39 is 34.6 Å². The minimum Gasteiger partial charge on any atom is -0.481 e. The van der Waals surface area contributed by atoms with Crippen LogP contribution in [0.5, 0.6) is 0 Å². The lowest BCUT2D eigenvalue weighted by Gasteiger charge is -2.72. The maximum Gasteiger partial charge on any atom is 0.310 e. The number of carboxylic acid groups (broad SMARTS) is 1. The summed E-state index contributed by atoms with van der Waals surface area (Å²) < 4.78 is 6.16. The molecular weight excluding hydrogens is 504 g/mol. The summed E-state index contributed by atoms with van der Waals surface area (Å²) in [5.41, 5.74) is -1.86. The molecule has 0 aromatic heterocycles. The van der Waals surface area contributed by atoms with Crippen molar-refractivity contribution in [3.05, 3.63) is 11.6 Å².